The molecular formula is C28H28F5N5O5S. The van der Waals surface area contributed by atoms with Gasteiger partial charge in [-0.15, -0.1) is 13.2 Å². The molecule has 0 spiro atoms. The lowest BCUT2D eigenvalue weighted by Gasteiger charge is -2.42. The highest BCUT2D eigenvalue weighted by Gasteiger charge is 2.38. The number of carbonyl (C=O) groups excluding carboxylic acids is 1. The highest BCUT2D eigenvalue weighted by Crippen LogP contribution is 2.39. The van der Waals surface area contributed by atoms with Gasteiger partial charge in [-0.1, -0.05) is 16.6 Å². The summed E-state index contributed by atoms with van der Waals surface area (Å²) in [6.45, 7) is 1.35. The second-order valence-electron chi connectivity index (χ2n) is 10.5. The van der Waals surface area contributed by atoms with E-state index in [0.717, 1.165) is 44.4 Å². The largest absolute Gasteiger partial charge is 0.573 e. The van der Waals surface area contributed by atoms with Crippen LogP contribution in [-0.2, 0) is 19.7 Å². The monoisotopic (exact) mass is 641 g/mol. The zero-order valence-electron chi connectivity index (χ0n) is 23.1. The van der Waals surface area contributed by atoms with Crippen molar-refractivity contribution in [2.24, 2.45) is 0 Å². The molecule has 5 rings (SSSR count). The fourth-order valence-corrected chi connectivity index (χ4v) is 7.09. The molecular weight excluding hydrogens is 613 g/mol. The van der Waals surface area contributed by atoms with Crippen LogP contribution in [0.1, 0.15) is 43.6 Å². The Balaban J connectivity index is 1.38. The first-order valence-electron chi connectivity index (χ1n) is 13.7. The molecule has 236 valence electrons. The third-order valence-electron chi connectivity index (χ3n) is 7.74. The summed E-state index contributed by atoms with van der Waals surface area (Å²) in [4.78, 5) is 24.0. The first-order chi connectivity index (χ1) is 21.0. The van der Waals surface area contributed by atoms with E-state index in [1.165, 1.54) is 24.4 Å². The highest BCUT2D eigenvalue weighted by molar-refractivity contribution is 7.92. The fraction of sp³-hybridized carbons (Fsp3) is 0.393. The molecule has 1 saturated carbocycles. The maximum absolute atomic E-state index is 15.4. The predicted octanol–water partition coefficient (Wildman–Crippen LogP) is 5.15. The van der Waals surface area contributed by atoms with Crippen molar-refractivity contribution in [1.82, 2.24) is 14.9 Å². The van der Waals surface area contributed by atoms with Crippen molar-refractivity contribution in [2.75, 3.05) is 22.9 Å². The lowest BCUT2D eigenvalue weighted by Crippen LogP contribution is -2.49. The summed E-state index contributed by atoms with van der Waals surface area (Å²) in [5.41, 5.74) is 0.423. The Bertz CT molecular complexity index is 1570. The second-order valence-corrected chi connectivity index (χ2v) is 12.2. The molecule has 1 aliphatic heterocycles. The summed E-state index contributed by atoms with van der Waals surface area (Å²) in [6.07, 6.45) is 0.796. The van der Waals surface area contributed by atoms with Crippen molar-refractivity contribution >= 4 is 28.0 Å². The summed E-state index contributed by atoms with van der Waals surface area (Å²) in [5, 5.41) is 3.05. The number of hydrogen-bond acceptors (Lipinski definition) is 9. The Hall–Kier alpha value is -4.05. The Labute approximate surface area is 249 Å². The van der Waals surface area contributed by atoms with E-state index in [-0.39, 0.29) is 40.4 Å². The average Bonchev–Trinajstić information content (AvgIpc) is 3.52. The van der Waals surface area contributed by atoms with Gasteiger partial charge in [0.1, 0.15) is 28.6 Å². The zero-order valence-corrected chi connectivity index (χ0v) is 23.9. The van der Waals surface area contributed by atoms with E-state index in [0.29, 0.717) is 30.9 Å². The van der Waals surface area contributed by atoms with Gasteiger partial charge in [-0.05, 0) is 74.9 Å². The smallest absolute Gasteiger partial charge is 0.406 e. The number of benzene rings is 2. The molecule has 1 aliphatic carbocycles. The second kappa shape index (κ2) is 12.9. The molecule has 2 heterocycles. The van der Waals surface area contributed by atoms with Crippen molar-refractivity contribution < 1.29 is 44.7 Å². The van der Waals surface area contributed by atoms with E-state index >= 15 is 8.78 Å². The van der Waals surface area contributed by atoms with Crippen LogP contribution >= 0.6 is 0 Å². The number of halogens is 5. The Morgan fingerprint density at radius 1 is 1.05 bits per heavy atom. The number of aromatic nitrogens is 2. The predicted molar refractivity (Wildman–Crippen MR) is 147 cm³/mol. The molecule has 0 amide bonds. The van der Waals surface area contributed by atoms with E-state index in [1.54, 1.807) is 6.07 Å². The molecule has 1 N–H and O–H groups in total. The molecule has 2 aromatic carbocycles. The molecule has 1 saturated heterocycles. The van der Waals surface area contributed by atoms with Crippen LogP contribution in [0.5, 0.6) is 5.75 Å². The Kier molecular flexibility index (Phi) is 9.20. The summed E-state index contributed by atoms with van der Waals surface area (Å²) in [5.74, 6) is -3.17. The molecule has 2 fully saturated rings. The maximum Gasteiger partial charge on any atom is 0.573 e. The topological polar surface area (TPSA) is 114 Å². The molecule has 0 radical (unpaired) electrons. The molecule has 3 aromatic rings. The van der Waals surface area contributed by atoms with Crippen LogP contribution in [0.4, 0.5) is 33.5 Å². The number of likely N-dealkylation sites (tertiary alicyclic amines) is 1. The van der Waals surface area contributed by atoms with E-state index in [1.807, 2.05) is 0 Å². The van der Waals surface area contributed by atoms with E-state index in [9.17, 15) is 26.4 Å². The molecule has 16 heteroatoms. The van der Waals surface area contributed by atoms with E-state index in [2.05, 4.69) is 29.8 Å². The van der Waals surface area contributed by atoms with Gasteiger partial charge in [0.25, 0.3) is 10.0 Å². The lowest BCUT2D eigenvalue weighted by molar-refractivity contribution is -0.274. The summed E-state index contributed by atoms with van der Waals surface area (Å²) < 4.78 is 99.6. The molecule has 44 heavy (non-hydrogen) atoms. The van der Waals surface area contributed by atoms with Gasteiger partial charge < -0.3 is 14.9 Å². The minimum absolute atomic E-state index is 0.0616. The Morgan fingerprint density at radius 3 is 2.50 bits per heavy atom. The van der Waals surface area contributed by atoms with Crippen molar-refractivity contribution in [3.05, 3.63) is 72.2 Å². The van der Waals surface area contributed by atoms with Crippen LogP contribution in [0, 0.1) is 11.6 Å². The van der Waals surface area contributed by atoms with Crippen LogP contribution in [-0.4, -0.2) is 61.3 Å². The van der Waals surface area contributed by atoms with Crippen LogP contribution in [0.3, 0.4) is 0 Å². The van der Waals surface area contributed by atoms with E-state index in [4.69, 9.17) is 0 Å². The number of rotatable bonds is 10. The van der Waals surface area contributed by atoms with E-state index < -0.39 is 38.7 Å². The summed E-state index contributed by atoms with van der Waals surface area (Å²) in [6, 6.07) is 7.65. The molecule has 10 nitrogen and oxygen atoms in total. The zero-order chi connectivity index (χ0) is 31.5. The summed E-state index contributed by atoms with van der Waals surface area (Å²) >= 11 is 0. The van der Waals surface area contributed by atoms with Crippen LogP contribution in [0.2, 0.25) is 0 Å². The molecule has 0 unspecified atom stereocenters. The van der Waals surface area contributed by atoms with Crippen molar-refractivity contribution in [3.63, 3.8) is 0 Å². The number of sulfonamides is 1. The highest BCUT2D eigenvalue weighted by atomic mass is 32.2. The number of anilines is 2. The SMILES string of the molecule is O=CON(c1ccncn1)S(=O)(=O)c1cc(F)c(N[C@H]2CC[C@H](c3cccc(OC(F)(F)F)c3)C[C@@H]2N2CCCC2)cc1F. The van der Waals surface area contributed by atoms with Crippen molar-refractivity contribution in [2.45, 2.75) is 61.4 Å². The number of nitrogens with zero attached hydrogens (tertiary/aromatic N) is 4. The minimum Gasteiger partial charge on any atom is -0.406 e. The van der Waals surface area contributed by atoms with Gasteiger partial charge in [0.15, 0.2) is 5.82 Å². The van der Waals surface area contributed by atoms with Gasteiger partial charge in [0.05, 0.1) is 5.69 Å². The third-order valence-corrected chi connectivity index (χ3v) is 9.32. The average molecular weight is 642 g/mol. The molecule has 2 aliphatic rings. The first-order valence-corrected chi connectivity index (χ1v) is 15.2. The molecule has 1 aromatic heterocycles. The number of ether oxygens (including phenoxy) is 1. The number of alkyl halides is 3. The maximum atomic E-state index is 15.4. The van der Waals surface area contributed by atoms with Gasteiger partial charge in [0.2, 0.25) is 0 Å². The normalized spacial score (nSPS) is 21.1. The van der Waals surface area contributed by atoms with Gasteiger partial charge >= 0.3 is 12.8 Å². The number of carbonyl (C=O) groups is 1. The quantitative estimate of drug-likeness (QED) is 0.182. The van der Waals surface area contributed by atoms with Gasteiger partial charge in [-0.25, -0.2) is 18.7 Å². The van der Waals surface area contributed by atoms with Crippen LogP contribution in [0.15, 0.2) is 59.9 Å². The number of hydrogen-bond donors (Lipinski definition) is 1. The molecule has 3 atom stereocenters. The minimum atomic E-state index is -4.94. The fourth-order valence-electron chi connectivity index (χ4n) is 5.85. The van der Waals surface area contributed by atoms with Crippen LogP contribution < -0.4 is 14.5 Å². The van der Waals surface area contributed by atoms with Crippen LogP contribution in [0.25, 0.3) is 0 Å². The number of nitrogens with one attached hydrogen (secondary N) is 1. The lowest BCUT2D eigenvalue weighted by atomic mass is 9.78. The Morgan fingerprint density at radius 2 is 1.82 bits per heavy atom. The van der Waals surface area contributed by atoms with Crippen molar-refractivity contribution in [3.8, 4) is 5.75 Å². The molecule has 0 bridgehead atoms. The third kappa shape index (κ3) is 7.01. The van der Waals surface area contributed by atoms with Gasteiger partial charge in [-0.3, -0.25) is 9.69 Å². The van der Waals surface area contributed by atoms with Gasteiger partial charge in [0, 0.05) is 30.4 Å². The van der Waals surface area contributed by atoms with Gasteiger partial charge in [-0.2, -0.15) is 8.42 Å². The summed E-state index contributed by atoms with van der Waals surface area (Å²) in [7, 11) is -4.94. The van der Waals surface area contributed by atoms with Crippen molar-refractivity contribution in [1.29, 1.82) is 0 Å². The standard InChI is InChI=1S/C28H28F5N5O5S/c29-21-15-26(44(40,41)38(42-17-39)27-8-9-34-16-35-27)22(30)14-24(21)36-23-7-6-19(13-25(23)37-10-1-2-11-37)18-4-3-5-20(12-18)43-28(31,32)33/h3-5,8-9,12,14-17,19,23,25,36H,1-2,6-7,10-11,13H2/t19-,23-,25-/m0/s1. The first kappa shape index (κ1) is 31.4.